The van der Waals surface area contributed by atoms with E-state index in [2.05, 4.69) is 15.2 Å². The number of nitrogens with one attached hydrogen (secondary N) is 1. The van der Waals surface area contributed by atoms with E-state index in [0.29, 0.717) is 67.1 Å². The summed E-state index contributed by atoms with van der Waals surface area (Å²) in [5, 5.41) is 3.72. The van der Waals surface area contributed by atoms with E-state index in [1.165, 1.54) is 0 Å². The van der Waals surface area contributed by atoms with Crippen LogP contribution in [0.3, 0.4) is 0 Å². The molecule has 1 aliphatic heterocycles. The maximum Gasteiger partial charge on any atom is 0.255 e. The molecule has 166 valence electrons. The second-order valence-electron chi connectivity index (χ2n) is 7.11. The van der Waals surface area contributed by atoms with Crippen molar-refractivity contribution < 1.29 is 14.3 Å². The van der Waals surface area contributed by atoms with Gasteiger partial charge in [0.2, 0.25) is 0 Å². The largest absolute Gasteiger partial charge is 0.382 e. The Morgan fingerprint density at radius 1 is 1.13 bits per heavy atom. The highest BCUT2D eigenvalue weighted by molar-refractivity contribution is 6.36. The lowest BCUT2D eigenvalue weighted by Crippen LogP contribution is -2.49. The second kappa shape index (κ2) is 11.3. The number of ether oxygens (including phenoxy) is 1. The van der Waals surface area contributed by atoms with E-state index in [1.807, 2.05) is 13.0 Å². The second-order valence-corrected chi connectivity index (χ2v) is 7.96. The minimum atomic E-state index is -0.147. The number of pyridine rings is 1. The maximum absolute atomic E-state index is 12.8. The van der Waals surface area contributed by atoms with Crippen LogP contribution in [0.25, 0.3) is 0 Å². The van der Waals surface area contributed by atoms with Crippen LogP contribution < -0.4 is 10.2 Å². The Balaban J connectivity index is 1.50. The highest BCUT2D eigenvalue weighted by atomic mass is 35.5. The number of halogens is 2. The molecule has 0 atom stereocenters. The molecule has 1 N–H and O–H groups in total. The van der Waals surface area contributed by atoms with E-state index in [0.717, 1.165) is 12.2 Å². The first-order valence-electron chi connectivity index (χ1n) is 10.3. The number of hydrogen-bond acceptors (Lipinski definition) is 5. The number of anilines is 1. The van der Waals surface area contributed by atoms with Crippen molar-refractivity contribution in [2.75, 3.05) is 50.8 Å². The van der Waals surface area contributed by atoms with Crippen LogP contribution in [0.5, 0.6) is 0 Å². The Hall–Kier alpha value is -2.35. The van der Waals surface area contributed by atoms with E-state index in [9.17, 15) is 9.59 Å². The van der Waals surface area contributed by atoms with Gasteiger partial charge >= 0.3 is 0 Å². The molecule has 0 aliphatic carbocycles. The van der Waals surface area contributed by atoms with Crippen molar-refractivity contribution in [3.05, 3.63) is 57.7 Å². The minimum absolute atomic E-state index is 0.106. The smallest absolute Gasteiger partial charge is 0.255 e. The summed E-state index contributed by atoms with van der Waals surface area (Å²) in [7, 11) is 0. The fourth-order valence-corrected chi connectivity index (χ4v) is 3.79. The molecule has 7 nitrogen and oxygen atoms in total. The first-order chi connectivity index (χ1) is 15.0. The van der Waals surface area contributed by atoms with Gasteiger partial charge in [0.15, 0.2) is 0 Å². The summed E-state index contributed by atoms with van der Waals surface area (Å²) in [6.07, 6.45) is 2.35. The Morgan fingerprint density at radius 2 is 1.90 bits per heavy atom. The van der Waals surface area contributed by atoms with Gasteiger partial charge in [0.1, 0.15) is 5.82 Å². The summed E-state index contributed by atoms with van der Waals surface area (Å²) < 4.78 is 5.26. The number of carbonyl (C=O) groups is 2. The van der Waals surface area contributed by atoms with Crippen molar-refractivity contribution in [1.29, 1.82) is 0 Å². The molecule has 1 aromatic carbocycles. The Kier molecular flexibility index (Phi) is 8.51. The predicted molar refractivity (Wildman–Crippen MR) is 122 cm³/mol. The van der Waals surface area contributed by atoms with Gasteiger partial charge in [-0.2, -0.15) is 0 Å². The molecule has 2 amide bonds. The van der Waals surface area contributed by atoms with Crippen molar-refractivity contribution in [2.45, 2.75) is 13.3 Å². The van der Waals surface area contributed by atoms with Crippen LogP contribution in [0, 0.1) is 0 Å². The van der Waals surface area contributed by atoms with Gasteiger partial charge in [-0.1, -0.05) is 23.2 Å². The third-order valence-corrected chi connectivity index (χ3v) is 5.57. The molecular formula is C22H26Cl2N4O3. The van der Waals surface area contributed by atoms with E-state index in [1.54, 1.807) is 35.4 Å². The molecule has 2 heterocycles. The Bertz CT molecular complexity index is 900. The van der Waals surface area contributed by atoms with Gasteiger partial charge in [-0.3, -0.25) is 9.59 Å². The van der Waals surface area contributed by atoms with Crippen LogP contribution in [0.2, 0.25) is 10.0 Å². The lowest BCUT2D eigenvalue weighted by molar-refractivity contribution is 0.0746. The number of piperazine rings is 1. The highest BCUT2D eigenvalue weighted by Crippen LogP contribution is 2.23. The van der Waals surface area contributed by atoms with Gasteiger partial charge in [0, 0.05) is 57.2 Å². The number of benzene rings is 1. The number of nitrogens with zero attached hydrogens (tertiary/aromatic N) is 3. The fraction of sp³-hybridized carbons (Fsp3) is 0.409. The summed E-state index contributed by atoms with van der Waals surface area (Å²) in [5.74, 6) is 0.529. The van der Waals surface area contributed by atoms with Crippen molar-refractivity contribution in [3.8, 4) is 0 Å². The van der Waals surface area contributed by atoms with Gasteiger partial charge < -0.3 is 19.9 Å². The fourth-order valence-electron chi connectivity index (χ4n) is 3.30. The van der Waals surface area contributed by atoms with Crippen LogP contribution in [0.4, 0.5) is 5.82 Å². The normalized spacial score (nSPS) is 13.9. The molecule has 0 unspecified atom stereocenters. The summed E-state index contributed by atoms with van der Waals surface area (Å²) in [6.45, 7) is 6.22. The van der Waals surface area contributed by atoms with Gasteiger partial charge in [-0.25, -0.2) is 4.98 Å². The number of aromatic nitrogens is 1. The zero-order valence-electron chi connectivity index (χ0n) is 17.4. The molecule has 1 saturated heterocycles. The highest BCUT2D eigenvalue weighted by Gasteiger charge is 2.24. The van der Waals surface area contributed by atoms with Crippen LogP contribution in [-0.2, 0) is 4.74 Å². The van der Waals surface area contributed by atoms with E-state index < -0.39 is 0 Å². The van der Waals surface area contributed by atoms with Crippen LogP contribution in [0.15, 0.2) is 36.5 Å². The lowest BCUT2D eigenvalue weighted by atomic mass is 10.1. The number of rotatable bonds is 8. The third-order valence-electron chi connectivity index (χ3n) is 5.02. The zero-order valence-corrected chi connectivity index (χ0v) is 19.0. The third kappa shape index (κ3) is 6.32. The number of amides is 2. The topological polar surface area (TPSA) is 74.8 Å². The van der Waals surface area contributed by atoms with E-state index in [-0.39, 0.29) is 11.8 Å². The molecule has 0 bridgehead atoms. The number of carbonyl (C=O) groups excluding carboxylic acids is 2. The molecule has 1 fully saturated rings. The number of hydrogen-bond donors (Lipinski definition) is 1. The van der Waals surface area contributed by atoms with Crippen molar-refractivity contribution in [3.63, 3.8) is 0 Å². The summed E-state index contributed by atoms with van der Waals surface area (Å²) in [6, 6.07) is 8.50. The first-order valence-corrected chi connectivity index (χ1v) is 11.1. The Labute approximate surface area is 192 Å². The monoisotopic (exact) mass is 464 g/mol. The maximum atomic E-state index is 12.8. The minimum Gasteiger partial charge on any atom is -0.382 e. The molecule has 0 saturated carbocycles. The predicted octanol–water partition coefficient (Wildman–Crippen LogP) is 3.51. The van der Waals surface area contributed by atoms with Gasteiger partial charge in [0.05, 0.1) is 16.1 Å². The summed E-state index contributed by atoms with van der Waals surface area (Å²) >= 11 is 12.1. The van der Waals surface area contributed by atoms with E-state index in [4.69, 9.17) is 27.9 Å². The SMILES string of the molecule is CCOCCCNC(=O)c1ccc(N2CCN(C(=O)c3ccc(Cl)cc3Cl)CC2)nc1. The van der Waals surface area contributed by atoms with Gasteiger partial charge in [-0.15, -0.1) is 0 Å². The molecule has 1 aromatic heterocycles. The zero-order chi connectivity index (χ0) is 22.2. The quantitative estimate of drug-likeness (QED) is 0.604. The van der Waals surface area contributed by atoms with Crippen LogP contribution >= 0.6 is 23.2 Å². The molecular weight excluding hydrogens is 439 g/mol. The molecule has 31 heavy (non-hydrogen) atoms. The standard InChI is InChI=1S/C22H26Cl2N4O3/c1-2-31-13-3-8-25-21(29)16-4-7-20(26-15-16)27-9-11-28(12-10-27)22(30)18-6-5-17(23)14-19(18)24/h4-7,14-15H,2-3,8-13H2,1H3,(H,25,29). The molecule has 0 radical (unpaired) electrons. The van der Waals surface area contributed by atoms with Crippen molar-refractivity contribution in [1.82, 2.24) is 15.2 Å². The summed E-state index contributed by atoms with van der Waals surface area (Å²) in [4.78, 5) is 33.3. The Morgan fingerprint density at radius 3 is 2.55 bits per heavy atom. The van der Waals surface area contributed by atoms with E-state index >= 15 is 0 Å². The molecule has 3 rings (SSSR count). The summed E-state index contributed by atoms with van der Waals surface area (Å²) in [5.41, 5.74) is 0.973. The van der Waals surface area contributed by atoms with Gasteiger partial charge in [-0.05, 0) is 43.7 Å². The molecule has 2 aromatic rings. The molecule has 0 spiro atoms. The first kappa shape index (κ1) is 23.3. The van der Waals surface area contributed by atoms with Crippen molar-refractivity contribution >= 4 is 40.8 Å². The lowest BCUT2D eigenvalue weighted by Gasteiger charge is -2.35. The van der Waals surface area contributed by atoms with Crippen molar-refractivity contribution in [2.24, 2.45) is 0 Å². The van der Waals surface area contributed by atoms with Crippen LogP contribution in [-0.4, -0.2) is 67.6 Å². The molecule has 1 aliphatic rings. The average molecular weight is 465 g/mol. The molecule has 9 heteroatoms. The van der Waals surface area contributed by atoms with Crippen LogP contribution in [0.1, 0.15) is 34.1 Å². The van der Waals surface area contributed by atoms with Gasteiger partial charge in [0.25, 0.3) is 11.8 Å². The average Bonchev–Trinajstić information content (AvgIpc) is 2.78.